The number of aryl methyl sites for hydroxylation is 1. The predicted molar refractivity (Wildman–Crippen MR) is 71.7 cm³/mol. The summed E-state index contributed by atoms with van der Waals surface area (Å²) < 4.78 is 1.68. The molecular weight excluding hydrogens is 273 g/mol. The van der Waals surface area contributed by atoms with Gasteiger partial charge in [-0.05, 0) is 36.2 Å². The Kier molecular flexibility index (Phi) is 3.64. The van der Waals surface area contributed by atoms with Crippen LogP contribution in [0.2, 0.25) is 10.0 Å². The fraction of sp³-hybridized carbons (Fsp3) is 0.154. The van der Waals surface area contributed by atoms with Crippen LogP contribution in [0, 0.1) is 6.92 Å². The lowest BCUT2D eigenvalue weighted by Gasteiger charge is -2.08. The molecule has 0 amide bonds. The molecular formula is C13H11Cl2NO2. The highest BCUT2D eigenvalue weighted by Crippen LogP contribution is 2.23. The summed E-state index contributed by atoms with van der Waals surface area (Å²) in [5.74, 6) is -0.933. The van der Waals surface area contributed by atoms with Crippen LogP contribution in [0.15, 0.2) is 30.5 Å². The molecule has 1 heterocycles. The average molecular weight is 284 g/mol. The Hall–Kier alpha value is -1.45. The van der Waals surface area contributed by atoms with Crippen LogP contribution in [0.4, 0.5) is 0 Å². The maximum atomic E-state index is 11.1. The van der Waals surface area contributed by atoms with Crippen LogP contribution in [0.1, 0.15) is 21.6 Å². The maximum Gasteiger partial charge on any atom is 0.352 e. The number of aromatic nitrogens is 1. The first-order valence-corrected chi connectivity index (χ1v) is 6.07. The molecule has 18 heavy (non-hydrogen) atoms. The van der Waals surface area contributed by atoms with E-state index >= 15 is 0 Å². The van der Waals surface area contributed by atoms with E-state index in [0.717, 1.165) is 11.1 Å². The number of carboxylic acids is 1. The van der Waals surface area contributed by atoms with E-state index in [1.54, 1.807) is 35.9 Å². The molecule has 0 bridgehead atoms. The van der Waals surface area contributed by atoms with Gasteiger partial charge in [0.05, 0.1) is 10.0 Å². The number of rotatable bonds is 3. The normalized spacial score (nSPS) is 10.6. The molecule has 1 aromatic carbocycles. The van der Waals surface area contributed by atoms with Gasteiger partial charge in [0, 0.05) is 12.7 Å². The van der Waals surface area contributed by atoms with Gasteiger partial charge < -0.3 is 9.67 Å². The van der Waals surface area contributed by atoms with Gasteiger partial charge in [0.1, 0.15) is 5.69 Å². The van der Waals surface area contributed by atoms with Crippen molar-refractivity contribution in [2.75, 3.05) is 0 Å². The number of hydrogen-bond donors (Lipinski definition) is 1. The number of benzene rings is 1. The van der Waals surface area contributed by atoms with Crippen molar-refractivity contribution in [3.05, 3.63) is 57.3 Å². The molecule has 94 valence electrons. The van der Waals surface area contributed by atoms with Crippen molar-refractivity contribution in [3.63, 3.8) is 0 Å². The molecule has 0 saturated carbocycles. The molecule has 0 fully saturated rings. The second-order valence-electron chi connectivity index (χ2n) is 4.03. The number of carbonyl (C=O) groups is 1. The zero-order chi connectivity index (χ0) is 13.3. The maximum absolute atomic E-state index is 11.1. The molecule has 0 saturated heterocycles. The highest BCUT2D eigenvalue weighted by atomic mass is 35.5. The fourth-order valence-corrected chi connectivity index (χ4v) is 2.16. The lowest BCUT2D eigenvalue weighted by atomic mass is 10.2. The average Bonchev–Trinajstić information content (AvgIpc) is 2.65. The van der Waals surface area contributed by atoms with E-state index in [2.05, 4.69) is 0 Å². The van der Waals surface area contributed by atoms with Crippen molar-refractivity contribution in [1.82, 2.24) is 4.57 Å². The van der Waals surface area contributed by atoms with Gasteiger partial charge in [0.15, 0.2) is 0 Å². The largest absolute Gasteiger partial charge is 0.477 e. The van der Waals surface area contributed by atoms with Gasteiger partial charge in [-0.25, -0.2) is 4.79 Å². The minimum absolute atomic E-state index is 0.293. The molecule has 0 unspecified atom stereocenters. The second kappa shape index (κ2) is 5.04. The first-order valence-electron chi connectivity index (χ1n) is 5.32. The second-order valence-corrected chi connectivity index (χ2v) is 4.84. The van der Waals surface area contributed by atoms with Gasteiger partial charge >= 0.3 is 5.97 Å². The van der Waals surface area contributed by atoms with Gasteiger partial charge in [-0.3, -0.25) is 0 Å². The summed E-state index contributed by atoms with van der Waals surface area (Å²) >= 11 is 11.8. The molecule has 5 heteroatoms. The molecule has 2 rings (SSSR count). The number of carboxylic acid groups (broad SMARTS) is 1. The van der Waals surface area contributed by atoms with Crippen LogP contribution >= 0.6 is 23.2 Å². The quantitative estimate of drug-likeness (QED) is 0.930. The SMILES string of the molecule is Cc1ccn(Cc2ccc(Cl)c(Cl)c2)c1C(=O)O. The molecule has 0 aliphatic rings. The van der Waals surface area contributed by atoms with E-state index in [1.807, 2.05) is 6.07 Å². The molecule has 3 nitrogen and oxygen atoms in total. The predicted octanol–water partition coefficient (Wildman–Crippen LogP) is 3.85. The summed E-state index contributed by atoms with van der Waals surface area (Å²) in [7, 11) is 0. The third-order valence-corrected chi connectivity index (χ3v) is 3.44. The minimum Gasteiger partial charge on any atom is -0.477 e. The van der Waals surface area contributed by atoms with E-state index in [0.29, 0.717) is 22.3 Å². The van der Waals surface area contributed by atoms with Crippen molar-refractivity contribution in [2.24, 2.45) is 0 Å². The molecule has 1 aromatic heterocycles. The molecule has 0 atom stereocenters. The van der Waals surface area contributed by atoms with Crippen LogP contribution in [-0.2, 0) is 6.54 Å². The van der Waals surface area contributed by atoms with Crippen LogP contribution < -0.4 is 0 Å². The lowest BCUT2D eigenvalue weighted by Crippen LogP contribution is -2.10. The number of nitrogens with zero attached hydrogens (tertiary/aromatic N) is 1. The highest BCUT2D eigenvalue weighted by Gasteiger charge is 2.13. The van der Waals surface area contributed by atoms with E-state index in [4.69, 9.17) is 28.3 Å². The summed E-state index contributed by atoms with van der Waals surface area (Å²) in [6.07, 6.45) is 1.75. The Morgan fingerprint density at radius 1 is 1.28 bits per heavy atom. The molecule has 0 spiro atoms. The third kappa shape index (κ3) is 2.52. The smallest absolute Gasteiger partial charge is 0.352 e. The first kappa shape index (κ1) is 13.0. The Balaban J connectivity index is 2.34. The van der Waals surface area contributed by atoms with Crippen LogP contribution in [0.25, 0.3) is 0 Å². The Morgan fingerprint density at radius 3 is 2.61 bits per heavy atom. The van der Waals surface area contributed by atoms with Gasteiger partial charge in [0.2, 0.25) is 0 Å². The third-order valence-electron chi connectivity index (χ3n) is 2.70. The fourth-order valence-electron chi connectivity index (χ4n) is 1.84. The Morgan fingerprint density at radius 2 is 2.00 bits per heavy atom. The summed E-state index contributed by atoms with van der Waals surface area (Å²) in [6, 6.07) is 7.05. The van der Waals surface area contributed by atoms with Crippen molar-refractivity contribution < 1.29 is 9.90 Å². The van der Waals surface area contributed by atoms with E-state index in [-0.39, 0.29) is 0 Å². The van der Waals surface area contributed by atoms with Crippen molar-refractivity contribution in [3.8, 4) is 0 Å². The summed E-state index contributed by atoms with van der Waals surface area (Å²) in [6.45, 7) is 2.22. The van der Waals surface area contributed by atoms with Crippen molar-refractivity contribution in [2.45, 2.75) is 13.5 Å². The summed E-state index contributed by atoms with van der Waals surface area (Å²) in [5.41, 5.74) is 1.94. The topological polar surface area (TPSA) is 42.2 Å². The van der Waals surface area contributed by atoms with Crippen LogP contribution in [-0.4, -0.2) is 15.6 Å². The van der Waals surface area contributed by atoms with Crippen LogP contribution in [0.3, 0.4) is 0 Å². The number of hydrogen-bond acceptors (Lipinski definition) is 1. The monoisotopic (exact) mass is 283 g/mol. The lowest BCUT2D eigenvalue weighted by molar-refractivity contribution is 0.0685. The number of halogens is 2. The van der Waals surface area contributed by atoms with Gasteiger partial charge in [-0.15, -0.1) is 0 Å². The molecule has 0 radical (unpaired) electrons. The zero-order valence-corrected chi connectivity index (χ0v) is 11.2. The van der Waals surface area contributed by atoms with Gasteiger partial charge in [-0.1, -0.05) is 29.3 Å². The van der Waals surface area contributed by atoms with Gasteiger partial charge in [-0.2, -0.15) is 0 Å². The van der Waals surface area contributed by atoms with Crippen molar-refractivity contribution >= 4 is 29.2 Å². The zero-order valence-electron chi connectivity index (χ0n) is 9.65. The van der Waals surface area contributed by atoms with Gasteiger partial charge in [0.25, 0.3) is 0 Å². The summed E-state index contributed by atoms with van der Waals surface area (Å²) in [5, 5.41) is 10.1. The highest BCUT2D eigenvalue weighted by molar-refractivity contribution is 6.42. The summed E-state index contributed by atoms with van der Waals surface area (Å²) in [4.78, 5) is 11.1. The molecule has 0 aliphatic carbocycles. The molecule has 2 aromatic rings. The Bertz CT molecular complexity index is 605. The van der Waals surface area contributed by atoms with Crippen LogP contribution in [0.5, 0.6) is 0 Å². The van der Waals surface area contributed by atoms with E-state index in [9.17, 15) is 4.79 Å². The molecule has 0 aliphatic heterocycles. The first-order chi connectivity index (χ1) is 8.49. The minimum atomic E-state index is -0.933. The molecule has 1 N–H and O–H groups in total. The van der Waals surface area contributed by atoms with Crippen molar-refractivity contribution in [1.29, 1.82) is 0 Å². The Labute approximate surface area is 115 Å². The van der Waals surface area contributed by atoms with E-state index in [1.165, 1.54) is 0 Å². The number of aromatic carboxylic acids is 1. The standard InChI is InChI=1S/C13H11Cl2NO2/c1-8-4-5-16(12(8)13(17)18)7-9-2-3-10(14)11(15)6-9/h2-6H,7H2,1H3,(H,17,18). The van der Waals surface area contributed by atoms with E-state index < -0.39 is 5.97 Å².